The van der Waals surface area contributed by atoms with Gasteiger partial charge in [-0.2, -0.15) is 13.2 Å². The molecule has 0 unspecified atom stereocenters. The van der Waals surface area contributed by atoms with E-state index in [1.165, 1.54) is 12.1 Å². The number of nitrogens with one attached hydrogen (secondary N) is 1. The molecule has 110 valence electrons. The minimum atomic E-state index is -4.44. The summed E-state index contributed by atoms with van der Waals surface area (Å²) in [6.45, 7) is 1.50. The number of piperidine rings is 1. The molecule has 0 atom stereocenters. The van der Waals surface area contributed by atoms with E-state index in [0.29, 0.717) is 0 Å². The Morgan fingerprint density at radius 2 is 2.00 bits per heavy atom. The van der Waals surface area contributed by atoms with Crippen molar-refractivity contribution in [2.24, 2.45) is 0 Å². The van der Waals surface area contributed by atoms with Gasteiger partial charge in [0.05, 0.1) is 11.7 Å². The molecular weight excluding hydrogens is 271 g/mol. The van der Waals surface area contributed by atoms with Gasteiger partial charge in [-0.05, 0) is 38.1 Å². The molecule has 1 fully saturated rings. The minimum Gasteiger partial charge on any atom is -0.370 e. The lowest BCUT2D eigenvalue weighted by Gasteiger charge is -2.22. The fourth-order valence-corrected chi connectivity index (χ4v) is 2.11. The van der Waals surface area contributed by atoms with Crippen LogP contribution < -0.4 is 5.32 Å². The third kappa shape index (κ3) is 4.05. The highest BCUT2D eigenvalue weighted by Crippen LogP contribution is 2.29. The van der Waals surface area contributed by atoms with E-state index in [2.05, 4.69) is 5.32 Å². The summed E-state index contributed by atoms with van der Waals surface area (Å²) in [7, 11) is 0. The molecule has 1 heterocycles. The van der Waals surface area contributed by atoms with Crippen molar-refractivity contribution in [3.8, 4) is 0 Å². The first-order chi connectivity index (χ1) is 9.47. The second-order valence-corrected chi connectivity index (χ2v) is 4.76. The number of carbonyl (C=O) groups excluding carboxylic acids is 1. The molecule has 20 heavy (non-hydrogen) atoms. The van der Waals surface area contributed by atoms with Crippen LogP contribution in [0.2, 0.25) is 0 Å². The number of rotatable bonds is 4. The lowest BCUT2D eigenvalue weighted by Crippen LogP contribution is -2.33. The summed E-state index contributed by atoms with van der Waals surface area (Å²) in [6.07, 6.45) is -2.80. The van der Waals surface area contributed by atoms with Crippen molar-refractivity contribution in [3.05, 3.63) is 35.4 Å². The van der Waals surface area contributed by atoms with Crippen LogP contribution in [-0.4, -0.2) is 31.6 Å². The number of hydrogen-bond donors (Lipinski definition) is 1. The van der Waals surface area contributed by atoms with Gasteiger partial charge in [-0.3, -0.25) is 4.79 Å². The summed E-state index contributed by atoms with van der Waals surface area (Å²) in [4.78, 5) is 11.9. The van der Waals surface area contributed by atoms with Gasteiger partial charge < -0.3 is 10.1 Å². The quantitative estimate of drug-likeness (QED) is 0.865. The molecule has 0 saturated carbocycles. The second-order valence-electron chi connectivity index (χ2n) is 4.76. The van der Waals surface area contributed by atoms with Gasteiger partial charge in [0.1, 0.15) is 6.61 Å². The Balaban J connectivity index is 1.95. The molecule has 1 N–H and O–H groups in total. The summed E-state index contributed by atoms with van der Waals surface area (Å²) in [5.74, 6) is -0.422. The van der Waals surface area contributed by atoms with Crippen molar-refractivity contribution >= 4 is 5.78 Å². The van der Waals surface area contributed by atoms with Crippen molar-refractivity contribution in [1.29, 1.82) is 0 Å². The third-order valence-electron chi connectivity index (χ3n) is 3.25. The first kappa shape index (κ1) is 15.0. The largest absolute Gasteiger partial charge is 0.416 e. The lowest BCUT2D eigenvalue weighted by molar-refractivity contribution is -0.137. The van der Waals surface area contributed by atoms with Crippen LogP contribution in [0, 0.1) is 0 Å². The number of carbonyl (C=O) groups is 1. The smallest absolute Gasteiger partial charge is 0.370 e. The van der Waals surface area contributed by atoms with Crippen LogP contribution in [-0.2, 0) is 10.9 Å². The fraction of sp³-hybridized carbons (Fsp3) is 0.500. The van der Waals surface area contributed by atoms with Gasteiger partial charge in [0.2, 0.25) is 0 Å². The van der Waals surface area contributed by atoms with Crippen LogP contribution in [0.3, 0.4) is 0 Å². The van der Waals surface area contributed by atoms with Gasteiger partial charge >= 0.3 is 6.18 Å². The van der Waals surface area contributed by atoms with Crippen molar-refractivity contribution in [1.82, 2.24) is 5.32 Å². The SMILES string of the molecule is O=C(COC1CCNCC1)c1cccc(C(F)(F)F)c1. The number of hydrogen-bond acceptors (Lipinski definition) is 3. The van der Waals surface area contributed by atoms with Crippen molar-refractivity contribution in [2.75, 3.05) is 19.7 Å². The van der Waals surface area contributed by atoms with E-state index in [9.17, 15) is 18.0 Å². The standard InChI is InChI=1S/C14H16F3NO2/c15-14(16,17)11-3-1-2-10(8-11)13(19)9-20-12-4-6-18-7-5-12/h1-3,8,12,18H,4-7,9H2. The third-order valence-corrected chi connectivity index (χ3v) is 3.25. The molecular formula is C14H16F3NO2. The average molecular weight is 287 g/mol. The molecule has 2 rings (SSSR count). The Morgan fingerprint density at radius 1 is 1.30 bits per heavy atom. The maximum absolute atomic E-state index is 12.6. The Bertz CT molecular complexity index is 468. The van der Waals surface area contributed by atoms with E-state index >= 15 is 0 Å². The molecule has 0 aromatic heterocycles. The zero-order valence-corrected chi connectivity index (χ0v) is 10.9. The number of Topliss-reactive ketones (excluding diaryl/α,β-unsaturated/α-hetero) is 1. The highest BCUT2D eigenvalue weighted by atomic mass is 19.4. The minimum absolute atomic E-state index is 0.00555. The van der Waals surface area contributed by atoms with Gasteiger partial charge in [-0.1, -0.05) is 12.1 Å². The molecule has 0 bridgehead atoms. The zero-order chi connectivity index (χ0) is 14.6. The maximum Gasteiger partial charge on any atom is 0.416 e. The monoisotopic (exact) mass is 287 g/mol. The number of benzene rings is 1. The van der Waals surface area contributed by atoms with Crippen LogP contribution >= 0.6 is 0 Å². The van der Waals surface area contributed by atoms with Gasteiger partial charge in [0.15, 0.2) is 5.78 Å². The van der Waals surface area contributed by atoms with E-state index in [4.69, 9.17) is 4.74 Å². The number of halogens is 3. The van der Waals surface area contributed by atoms with Gasteiger partial charge in [0, 0.05) is 5.56 Å². The number of alkyl halides is 3. The molecule has 0 aliphatic carbocycles. The molecule has 1 aliphatic heterocycles. The number of ether oxygens (including phenoxy) is 1. The molecule has 1 aromatic rings. The first-order valence-corrected chi connectivity index (χ1v) is 6.49. The molecule has 0 amide bonds. The molecule has 0 spiro atoms. The highest BCUT2D eigenvalue weighted by molar-refractivity contribution is 5.97. The van der Waals surface area contributed by atoms with E-state index < -0.39 is 17.5 Å². The predicted octanol–water partition coefficient (Wildman–Crippen LogP) is 2.66. The van der Waals surface area contributed by atoms with Crippen LogP contribution in [0.15, 0.2) is 24.3 Å². The summed E-state index contributed by atoms with van der Waals surface area (Å²) < 4.78 is 43.1. The average Bonchev–Trinajstić information content (AvgIpc) is 2.45. The van der Waals surface area contributed by atoms with E-state index in [0.717, 1.165) is 38.1 Å². The Hall–Kier alpha value is -1.40. The topological polar surface area (TPSA) is 38.3 Å². The van der Waals surface area contributed by atoms with E-state index in [1.807, 2.05) is 0 Å². The molecule has 6 heteroatoms. The van der Waals surface area contributed by atoms with Crippen LogP contribution in [0.25, 0.3) is 0 Å². The molecule has 0 radical (unpaired) electrons. The van der Waals surface area contributed by atoms with Crippen LogP contribution in [0.1, 0.15) is 28.8 Å². The normalized spacial score (nSPS) is 17.1. The van der Waals surface area contributed by atoms with E-state index in [-0.39, 0.29) is 18.3 Å². The summed E-state index contributed by atoms with van der Waals surface area (Å²) in [6, 6.07) is 4.43. The summed E-state index contributed by atoms with van der Waals surface area (Å²) >= 11 is 0. The van der Waals surface area contributed by atoms with Gasteiger partial charge in [-0.25, -0.2) is 0 Å². The predicted molar refractivity (Wildman–Crippen MR) is 67.6 cm³/mol. The second kappa shape index (κ2) is 6.37. The molecule has 1 saturated heterocycles. The molecule has 1 aromatic carbocycles. The number of ketones is 1. The van der Waals surface area contributed by atoms with Crippen LogP contribution in [0.5, 0.6) is 0 Å². The van der Waals surface area contributed by atoms with Crippen molar-refractivity contribution in [2.45, 2.75) is 25.1 Å². The summed E-state index contributed by atoms with van der Waals surface area (Å²) in [5, 5.41) is 3.17. The Morgan fingerprint density at radius 3 is 2.65 bits per heavy atom. The van der Waals surface area contributed by atoms with Gasteiger partial charge in [-0.15, -0.1) is 0 Å². The van der Waals surface area contributed by atoms with Crippen LogP contribution in [0.4, 0.5) is 13.2 Å². The Kier molecular flexibility index (Phi) is 4.77. The molecule has 1 aliphatic rings. The maximum atomic E-state index is 12.6. The zero-order valence-electron chi connectivity index (χ0n) is 10.9. The summed E-state index contributed by atoms with van der Waals surface area (Å²) in [5.41, 5.74) is -0.779. The van der Waals surface area contributed by atoms with Crippen molar-refractivity contribution in [3.63, 3.8) is 0 Å². The lowest BCUT2D eigenvalue weighted by atomic mass is 10.1. The fourth-order valence-electron chi connectivity index (χ4n) is 2.11. The molecule has 3 nitrogen and oxygen atoms in total. The van der Waals surface area contributed by atoms with E-state index in [1.54, 1.807) is 0 Å². The Labute approximate surface area is 115 Å². The van der Waals surface area contributed by atoms with Gasteiger partial charge in [0.25, 0.3) is 0 Å². The first-order valence-electron chi connectivity index (χ1n) is 6.49. The highest BCUT2D eigenvalue weighted by Gasteiger charge is 2.30. The van der Waals surface area contributed by atoms with Crippen molar-refractivity contribution < 1.29 is 22.7 Å².